The van der Waals surface area contributed by atoms with Crippen LogP contribution in [0.25, 0.3) is 22.4 Å². The quantitative estimate of drug-likeness (QED) is 0.659. The van der Waals surface area contributed by atoms with Gasteiger partial charge in [-0.1, -0.05) is 23.7 Å². The number of H-pyrrole nitrogens is 1. The molecule has 4 rings (SSSR count). The Morgan fingerprint density at radius 1 is 1.12 bits per heavy atom. The number of halogens is 1. The van der Waals surface area contributed by atoms with Crippen molar-refractivity contribution in [1.29, 1.82) is 0 Å². The van der Waals surface area contributed by atoms with Gasteiger partial charge < -0.3 is 16.0 Å². The topological polar surface area (TPSA) is 82.9 Å². The standard InChI is InChI=1S/C19H21ClN6/c20-15-3-1-14(2-4-15)18-17(13-5-7-22-8-6-13)19(25-24-18)26-10-9-23-16(11-21)12-26/h1-8,16,23H,9-12,21H2,(H,24,25). The molecule has 1 saturated heterocycles. The van der Waals surface area contributed by atoms with Crippen LogP contribution in [0.2, 0.25) is 5.02 Å². The number of anilines is 1. The molecule has 0 aliphatic carbocycles. The molecule has 7 heteroatoms. The zero-order chi connectivity index (χ0) is 17.9. The van der Waals surface area contributed by atoms with Gasteiger partial charge in [0.25, 0.3) is 0 Å². The van der Waals surface area contributed by atoms with Gasteiger partial charge in [-0.2, -0.15) is 5.10 Å². The number of aromatic nitrogens is 3. The summed E-state index contributed by atoms with van der Waals surface area (Å²) in [5.74, 6) is 0.945. The summed E-state index contributed by atoms with van der Waals surface area (Å²) in [6, 6.07) is 12.1. The summed E-state index contributed by atoms with van der Waals surface area (Å²) in [6.45, 7) is 3.22. The van der Waals surface area contributed by atoms with Gasteiger partial charge >= 0.3 is 0 Å². The Balaban J connectivity index is 1.81. The molecule has 0 saturated carbocycles. The molecule has 0 bridgehead atoms. The first kappa shape index (κ1) is 17.0. The van der Waals surface area contributed by atoms with E-state index in [1.807, 2.05) is 36.4 Å². The molecule has 1 aromatic carbocycles. The van der Waals surface area contributed by atoms with Gasteiger partial charge in [-0.3, -0.25) is 10.1 Å². The minimum Gasteiger partial charge on any atom is -0.352 e. The van der Waals surface area contributed by atoms with Gasteiger partial charge in [-0.15, -0.1) is 0 Å². The molecule has 26 heavy (non-hydrogen) atoms. The van der Waals surface area contributed by atoms with E-state index in [1.165, 1.54) is 0 Å². The van der Waals surface area contributed by atoms with E-state index in [-0.39, 0.29) is 6.04 Å². The lowest BCUT2D eigenvalue weighted by molar-refractivity contribution is 0.461. The highest BCUT2D eigenvalue weighted by Gasteiger charge is 2.25. The maximum Gasteiger partial charge on any atom is 0.159 e. The van der Waals surface area contributed by atoms with Crippen molar-refractivity contribution >= 4 is 17.4 Å². The number of nitrogens with one attached hydrogen (secondary N) is 2. The lowest BCUT2D eigenvalue weighted by Crippen LogP contribution is -2.54. The Labute approximate surface area is 157 Å². The molecule has 3 heterocycles. The molecule has 0 spiro atoms. The molecule has 2 aromatic heterocycles. The fourth-order valence-corrected chi connectivity index (χ4v) is 3.48. The predicted octanol–water partition coefficient (Wildman–Crippen LogP) is 2.53. The zero-order valence-corrected chi connectivity index (χ0v) is 15.1. The van der Waals surface area contributed by atoms with E-state index in [0.717, 1.165) is 47.8 Å². The van der Waals surface area contributed by atoms with Crippen LogP contribution in [0, 0.1) is 0 Å². The van der Waals surface area contributed by atoms with Crippen LogP contribution in [0.3, 0.4) is 0 Å². The van der Waals surface area contributed by atoms with Gasteiger partial charge in [-0.25, -0.2) is 0 Å². The second kappa shape index (κ2) is 7.45. The van der Waals surface area contributed by atoms with E-state index in [9.17, 15) is 0 Å². The van der Waals surface area contributed by atoms with Crippen LogP contribution in [-0.2, 0) is 0 Å². The highest BCUT2D eigenvalue weighted by molar-refractivity contribution is 6.30. The molecule has 6 nitrogen and oxygen atoms in total. The highest BCUT2D eigenvalue weighted by atomic mass is 35.5. The molecule has 1 aliphatic heterocycles. The molecule has 1 fully saturated rings. The molecule has 4 N–H and O–H groups in total. The molecule has 3 aromatic rings. The van der Waals surface area contributed by atoms with E-state index in [2.05, 4.69) is 25.4 Å². The second-order valence-corrected chi connectivity index (χ2v) is 6.81. The molecule has 134 valence electrons. The Bertz CT molecular complexity index is 861. The van der Waals surface area contributed by atoms with E-state index >= 15 is 0 Å². The Hall–Kier alpha value is -2.41. The molecule has 1 unspecified atom stereocenters. The summed E-state index contributed by atoms with van der Waals surface area (Å²) in [6.07, 6.45) is 3.61. The van der Waals surface area contributed by atoms with Crippen molar-refractivity contribution in [2.24, 2.45) is 5.73 Å². The molecule has 0 radical (unpaired) electrons. The maximum atomic E-state index is 6.05. The van der Waals surface area contributed by atoms with Crippen molar-refractivity contribution in [2.75, 3.05) is 31.1 Å². The van der Waals surface area contributed by atoms with Crippen LogP contribution >= 0.6 is 11.6 Å². The van der Waals surface area contributed by atoms with E-state index in [0.29, 0.717) is 11.6 Å². The van der Waals surface area contributed by atoms with Gasteiger partial charge in [0.1, 0.15) is 0 Å². The summed E-state index contributed by atoms with van der Waals surface area (Å²) >= 11 is 6.05. The number of rotatable bonds is 4. The third-order valence-electron chi connectivity index (χ3n) is 4.69. The van der Waals surface area contributed by atoms with Crippen molar-refractivity contribution < 1.29 is 0 Å². The lowest BCUT2D eigenvalue weighted by Gasteiger charge is -2.33. The summed E-state index contributed by atoms with van der Waals surface area (Å²) in [5, 5.41) is 12.1. The van der Waals surface area contributed by atoms with E-state index in [4.69, 9.17) is 17.3 Å². The minimum atomic E-state index is 0.268. The molecule has 0 amide bonds. The van der Waals surface area contributed by atoms with Crippen LogP contribution in [0.4, 0.5) is 5.82 Å². The van der Waals surface area contributed by atoms with Gasteiger partial charge in [0.2, 0.25) is 0 Å². The highest BCUT2D eigenvalue weighted by Crippen LogP contribution is 2.38. The fourth-order valence-electron chi connectivity index (χ4n) is 3.35. The number of pyridine rings is 1. The molecule has 1 aliphatic rings. The number of benzene rings is 1. The fraction of sp³-hybridized carbons (Fsp3) is 0.263. The Morgan fingerprint density at radius 3 is 2.62 bits per heavy atom. The van der Waals surface area contributed by atoms with Crippen LogP contribution in [0.15, 0.2) is 48.8 Å². The van der Waals surface area contributed by atoms with Gasteiger partial charge in [0, 0.05) is 55.2 Å². The average molecular weight is 369 g/mol. The van der Waals surface area contributed by atoms with Crippen LogP contribution in [0.5, 0.6) is 0 Å². The summed E-state index contributed by atoms with van der Waals surface area (Å²) < 4.78 is 0. The van der Waals surface area contributed by atoms with Crippen molar-refractivity contribution in [2.45, 2.75) is 6.04 Å². The minimum absolute atomic E-state index is 0.268. The number of hydrogen-bond donors (Lipinski definition) is 3. The number of nitrogens with zero attached hydrogens (tertiary/aromatic N) is 3. The van der Waals surface area contributed by atoms with Crippen LogP contribution < -0.4 is 16.0 Å². The van der Waals surface area contributed by atoms with Gasteiger partial charge in [0.15, 0.2) is 5.82 Å². The molecular formula is C19H21ClN6. The predicted molar refractivity (Wildman–Crippen MR) is 105 cm³/mol. The van der Waals surface area contributed by atoms with Crippen molar-refractivity contribution in [3.05, 3.63) is 53.8 Å². The van der Waals surface area contributed by atoms with Gasteiger partial charge in [0.05, 0.1) is 11.3 Å². The smallest absolute Gasteiger partial charge is 0.159 e. The van der Waals surface area contributed by atoms with Crippen molar-refractivity contribution in [3.63, 3.8) is 0 Å². The average Bonchev–Trinajstić information content (AvgIpc) is 3.14. The monoisotopic (exact) mass is 368 g/mol. The van der Waals surface area contributed by atoms with E-state index < -0.39 is 0 Å². The largest absolute Gasteiger partial charge is 0.352 e. The molecule has 1 atom stereocenters. The first-order valence-electron chi connectivity index (χ1n) is 8.69. The second-order valence-electron chi connectivity index (χ2n) is 6.37. The normalized spacial score (nSPS) is 17.5. The summed E-state index contributed by atoms with van der Waals surface area (Å²) in [7, 11) is 0. The number of hydrogen-bond acceptors (Lipinski definition) is 5. The summed E-state index contributed by atoms with van der Waals surface area (Å²) in [4.78, 5) is 6.44. The van der Waals surface area contributed by atoms with E-state index in [1.54, 1.807) is 12.4 Å². The summed E-state index contributed by atoms with van der Waals surface area (Å²) in [5.41, 5.74) is 10.0. The first-order chi connectivity index (χ1) is 12.8. The third kappa shape index (κ3) is 3.31. The number of piperazine rings is 1. The maximum absolute atomic E-state index is 6.05. The SMILES string of the molecule is NCC1CN(c2n[nH]c(-c3ccc(Cl)cc3)c2-c2ccncc2)CCN1. The Morgan fingerprint density at radius 2 is 1.88 bits per heavy atom. The van der Waals surface area contributed by atoms with Gasteiger partial charge in [-0.05, 0) is 29.8 Å². The zero-order valence-electron chi connectivity index (χ0n) is 14.3. The lowest BCUT2D eigenvalue weighted by atomic mass is 10.0. The number of nitrogens with two attached hydrogens (primary N) is 1. The number of aromatic amines is 1. The van der Waals surface area contributed by atoms with Crippen molar-refractivity contribution in [1.82, 2.24) is 20.5 Å². The van der Waals surface area contributed by atoms with Crippen molar-refractivity contribution in [3.8, 4) is 22.4 Å². The van der Waals surface area contributed by atoms with Crippen LogP contribution in [0.1, 0.15) is 0 Å². The molecular weight excluding hydrogens is 348 g/mol. The first-order valence-corrected chi connectivity index (χ1v) is 9.07. The van der Waals surface area contributed by atoms with Crippen LogP contribution in [-0.4, -0.2) is 47.4 Å². The Kier molecular flexibility index (Phi) is 4.88. The third-order valence-corrected chi connectivity index (χ3v) is 4.94.